The van der Waals surface area contributed by atoms with E-state index < -0.39 is 0 Å². The first-order valence-electron chi connectivity index (χ1n) is 10.1. The molecule has 1 saturated heterocycles. The van der Waals surface area contributed by atoms with Gasteiger partial charge in [-0.3, -0.25) is 9.78 Å². The lowest BCUT2D eigenvalue weighted by Crippen LogP contribution is -2.53. The Morgan fingerprint density at radius 1 is 1.19 bits per heavy atom. The summed E-state index contributed by atoms with van der Waals surface area (Å²) >= 11 is 0. The second kappa shape index (κ2) is 10.4. The quantitative estimate of drug-likeness (QED) is 0.610. The van der Waals surface area contributed by atoms with Crippen LogP contribution in [0.2, 0.25) is 0 Å². The third-order valence-corrected chi connectivity index (χ3v) is 5.12. The van der Waals surface area contributed by atoms with Crippen molar-refractivity contribution in [3.63, 3.8) is 0 Å². The largest absolute Gasteiger partial charge is 0.483 e. The number of piperazine rings is 1. The maximum Gasteiger partial charge on any atom is 0.317 e. The van der Waals surface area contributed by atoms with Crippen molar-refractivity contribution in [3.8, 4) is 0 Å². The summed E-state index contributed by atoms with van der Waals surface area (Å²) in [4.78, 5) is 33.7. The van der Waals surface area contributed by atoms with Crippen LogP contribution in [0.1, 0.15) is 18.2 Å². The van der Waals surface area contributed by atoms with Gasteiger partial charge in [0.2, 0.25) is 0 Å². The molecule has 10 nitrogen and oxygen atoms in total. The van der Waals surface area contributed by atoms with Crippen LogP contribution >= 0.6 is 0 Å². The van der Waals surface area contributed by atoms with Crippen molar-refractivity contribution < 1.29 is 14.7 Å². The van der Waals surface area contributed by atoms with Gasteiger partial charge in [-0.15, -0.1) is 5.10 Å². The topological polar surface area (TPSA) is 116 Å². The molecule has 0 aliphatic carbocycles. The molecule has 2 N–H and O–H groups in total. The van der Waals surface area contributed by atoms with Gasteiger partial charge < -0.3 is 20.2 Å². The van der Waals surface area contributed by atoms with Crippen molar-refractivity contribution in [2.45, 2.75) is 26.3 Å². The van der Waals surface area contributed by atoms with E-state index in [2.05, 4.69) is 25.3 Å². The summed E-state index contributed by atoms with van der Waals surface area (Å²) in [6.45, 7) is 6.68. The summed E-state index contributed by atoms with van der Waals surface area (Å²) < 4.78 is 1.77. The van der Waals surface area contributed by atoms with Gasteiger partial charge in [0.25, 0.3) is 6.47 Å². The van der Waals surface area contributed by atoms with E-state index in [-0.39, 0.29) is 18.5 Å². The van der Waals surface area contributed by atoms with Gasteiger partial charge in [-0.25, -0.2) is 14.3 Å². The molecule has 0 bridgehead atoms. The zero-order valence-corrected chi connectivity index (χ0v) is 17.7. The summed E-state index contributed by atoms with van der Waals surface area (Å²) in [5.74, 6) is 0.907. The molecular weight excluding hydrogens is 398 g/mol. The molecule has 3 aromatic heterocycles. The molecule has 1 aliphatic heterocycles. The minimum Gasteiger partial charge on any atom is -0.483 e. The number of nitrogens with zero attached hydrogens (tertiary/aromatic N) is 6. The third-order valence-electron chi connectivity index (χ3n) is 5.12. The number of amides is 2. The maximum absolute atomic E-state index is 12.6. The SMILES string of the molecule is Cc1cccnc1CC(C)NC(=O)N1CCN(c2ccc3nccn3n2)CC1.O=CO. The highest BCUT2D eigenvalue weighted by Crippen LogP contribution is 2.14. The van der Waals surface area contributed by atoms with Crippen LogP contribution in [0.5, 0.6) is 0 Å². The van der Waals surface area contributed by atoms with Gasteiger partial charge in [-0.2, -0.15) is 0 Å². The van der Waals surface area contributed by atoms with E-state index in [9.17, 15) is 4.79 Å². The number of carboxylic acid groups (broad SMARTS) is 1. The molecule has 0 saturated carbocycles. The van der Waals surface area contributed by atoms with Crippen LogP contribution < -0.4 is 10.2 Å². The fourth-order valence-electron chi connectivity index (χ4n) is 3.49. The van der Waals surface area contributed by atoms with Crippen LogP contribution in [0, 0.1) is 6.92 Å². The minimum absolute atomic E-state index is 0.0150. The predicted octanol–water partition coefficient (Wildman–Crippen LogP) is 1.60. The Labute approximate surface area is 180 Å². The number of nitrogens with one attached hydrogen (secondary N) is 1. The molecule has 1 atom stereocenters. The molecular formula is C21H27N7O3. The van der Waals surface area contributed by atoms with Crippen molar-refractivity contribution in [3.05, 3.63) is 54.1 Å². The molecule has 164 valence electrons. The lowest BCUT2D eigenvalue weighted by Gasteiger charge is -2.35. The Kier molecular flexibility index (Phi) is 7.36. The average molecular weight is 425 g/mol. The molecule has 31 heavy (non-hydrogen) atoms. The zero-order valence-electron chi connectivity index (χ0n) is 17.7. The van der Waals surface area contributed by atoms with Gasteiger partial charge in [0.15, 0.2) is 5.65 Å². The van der Waals surface area contributed by atoms with Crippen molar-refractivity contribution in [2.75, 3.05) is 31.1 Å². The number of rotatable bonds is 4. The maximum atomic E-state index is 12.6. The number of carbonyl (C=O) groups excluding carboxylic acids is 1. The van der Waals surface area contributed by atoms with Crippen LogP contribution in [0.3, 0.4) is 0 Å². The van der Waals surface area contributed by atoms with E-state index in [1.807, 2.05) is 49.2 Å². The van der Waals surface area contributed by atoms with Crippen LogP contribution in [-0.4, -0.2) is 74.3 Å². The van der Waals surface area contributed by atoms with E-state index in [4.69, 9.17) is 9.90 Å². The highest BCUT2D eigenvalue weighted by Gasteiger charge is 2.23. The molecule has 1 aliphatic rings. The Morgan fingerprint density at radius 3 is 2.65 bits per heavy atom. The predicted molar refractivity (Wildman–Crippen MR) is 116 cm³/mol. The Balaban J connectivity index is 0.000000858. The number of hydrogen-bond donors (Lipinski definition) is 2. The number of aromatic nitrogens is 4. The number of imidazole rings is 1. The van der Waals surface area contributed by atoms with Crippen molar-refractivity contribution in [1.82, 2.24) is 29.8 Å². The van der Waals surface area contributed by atoms with Crippen LogP contribution in [0.4, 0.5) is 10.6 Å². The molecule has 0 radical (unpaired) electrons. The summed E-state index contributed by atoms with van der Waals surface area (Å²) in [5, 5.41) is 14.6. The highest BCUT2D eigenvalue weighted by atomic mass is 16.3. The summed E-state index contributed by atoms with van der Waals surface area (Å²) in [6.07, 6.45) is 6.10. The average Bonchev–Trinajstić information content (AvgIpc) is 3.24. The molecule has 0 spiro atoms. The molecule has 4 heterocycles. The Bertz CT molecular complexity index is 1010. The Morgan fingerprint density at radius 2 is 1.94 bits per heavy atom. The van der Waals surface area contributed by atoms with Crippen LogP contribution in [-0.2, 0) is 11.2 Å². The first-order valence-corrected chi connectivity index (χ1v) is 10.1. The zero-order chi connectivity index (χ0) is 22.2. The number of fused-ring (bicyclic) bond motifs is 1. The van der Waals surface area contributed by atoms with Crippen molar-refractivity contribution >= 4 is 24.0 Å². The van der Waals surface area contributed by atoms with Crippen molar-refractivity contribution in [2.24, 2.45) is 0 Å². The van der Waals surface area contributed by atoms with E-state index in [1.54, 1.807) is 16.9 Å². The molecule has 1 fully saturated rings. The first kappa shape index (κ1) is 22.0. The van der Waals surface area contributed by atoms with E-state index in [0.29, 0.717) is 13.1 Å². The van der Waals surface area contributed by atoms with Crippen molar-refractivity contribution in [1.29, 1.82) is 0 Å². The van der Waals surface area contributed by atoms with Gasteiger partial charge in [-0.1, -0.05) is 6.07 Å². The fourth-order valence-corrected chi connectivity index (χ4v) is 3.49. The normalized spacial score (nSPS) is 14.5. The van der Waals surface area contributed by atoms with E-state index in [1.165, 1.54) is 0 Å². The van der Waals surface area contributed by atoms with Crippen LogP contribution in [0.25, 0.3) is 5.65 Å². The molecule has 4 rings (SSSR count). The first-order chi connectivity index (χ1) is 15.0. The van der Waals surface area contributed by atoms with Gasteiger partial charge >= 0.3 is 6.03 Å². The number of carbonyl (C=O) groups is 2. The highest BCUT2D eigenvalue weighted by molar-refractivity contribution is 5.75. The van der Waals surface area contributed by atoms with Gasteiger partial charge in [0.1, 0.15) is 5.82 Å². The summed E-state index contributed by atoms with van der Waals surface area (Å²) in [7, 11) is 0. The van der Waals surface area contributed by atoms with Crippen LogP contribution in [0.15, 0.2) is 42.9 Å². The molecule has 10 heteroatoms. The molecule has 0 aromatic carbocycles. The number of pyridine rings is 1. The minimum atomic E-state index is -0.250. The second-order valence-electron chi connectivity index (χ2n) is 7.32. The lowest BCUT2D eigenvalue weighted by molar-refractivity contribution is -0.122. The van der Waals surface area contributed by atoms with Gasteiger partial charge in [0, 0.05) is 62.9 Å². The Hall–Kier alpha value is -3.69. The number of anilines is 1. The monoisotopic (exact) mass is 425 g/mol. The summed E-state index contributed by atoms with van der Waals surface area (Å²) in [6, 6.07) is 7.94. The standard InChI is InChI=1S/C20H25N7O.CH2O2/c1-15-4-3-7-21-17(15)14-16(2)23-20(28)26-12-10-25(11-13-26)19-6-5-18-22-8-9-27(18)24-19;2-1-3/h3-9,16H,10-14H2,1-2H3,(H,23,28);1H,(H,2,3). The molecule has 3 aromatic rings. The smallest absolute Gasteiger partial charge is 0.317 e. The molecule has 2 amide bonds. The van der Waals surface area contributed by atoms with Gasteiger partial charge in [0.05, 0.1) is 0 Å². The number of hydrogen-bond acceptors (Lipinski definition) is 6. The second-order valence-corrected chi connectivity index (χ2v) is 7.32. The molecule has 1 unspecified atom stereocenters. The fraction of sp³-hybridized carbons (Fsp3) is 0.381. The van der Waals surface area contributed by atoms with E-state index >= 15 is 0 Å². The lowest BCUT2D eigenvalue weighted by atomic mass is 10.1. The number of urea groups is 1. The van der Waals surface area contributed by atoms with Gasteiger partial charge in [-0.05, 0) is 37.6 Å². The third kappa shape index (κ3) is 5.68. The van der Waals surface area contributed by atoms with E-state index in [0.717, 1.165) is 42.2 Å². The summed E-state index contributed by atoms with van der Waals surface area (Å²) in [5.41, 5.74) is 3.01. The number of aryl methyl sites for hydroxylation is 1.